The van der Waals surface area contributed by atoms with Crippen molar-refractivity contribution in [1.82, 2.24) is 0 Å². The first-order chi connectivity index (χ1) is 19.0. The fourth-order valence-corrected chi connectivity index (χ4v) is 4.66. The van der Waals surface area contributed by atoms with Gasteiger partial charge in [-0.05, 0) is 95.1 Å². The van der Waals surface area contributed by atoms with E-state index in [4.69, 9.17) is 53.0 Å². The molecule has 0 aliphatic carbocycles. The third-order valence-electron chi connectivity index (χ3n) is 5.88. The van der Waals surface area contributed by atoms with Crippen molar-refractivity contribution in [2.75, 3.05) is 6.61 Å². The highest BCUT2D eigenvalue weighted by Crippen LogP contribution is 2.35. The van der Waals surface area contributed by atoms with Crippen LogP contribution in [0.5, 0.6) is 17.2 Å². The minimum absolute atomic E-state index is 0.0651. The molecule has 220 valence electrons. The minimum atomic E-state index is -1.25. The molecular formula is C31H35Cl2FN2O5. The number of nitrogens with one attached hydrogen (secondary N) is 2. The van der Waals surface area contributed by atoms with E-state index in [2.05, 4.69) is 0 Å². The normalized spacial score (nSPS) is 11.8. The Balaban J connectivity index is 1.62. The first-order valence-electron chi connectivity index (χ1n) is 12.9. The molecule has 0 heterocycles. The van der Waals surface area contributed by atoms with Gasteiger partial charge in [0.1, 0.15) is 11.5 Å². The van der Waals surface area contributed by atoms with Gasteiger partial charge in [-0.3, -0.25) is 10.8 Å². The second kappa shape index (κ2) is 13.2. The van der Waals surface area contributed by atoms with Crippen LogP contribution in [0.15, 0.2) is 48.5 Å². The molecule has 41 heavy (non-hydrogen) atoms. The van der Waals surface area contributed by atoms with Crippen LogP contribution in [0.2, 0.25) is 10.0 Å². The lowest BCUT2D eigenvalue weighted by Gasteiger charge is -2.32. The molecule has 0 fully saturated rings. The van der Waals surface area contributed by atoms with Crippen LogP contribution < -0.4 is 9.47 Å². The number of benzene rings is 3. The van der Waals surface area contributed by atoms with Crippen molar-refractivity contribution < 1.29 is 28.4 Å². The number of aryl methyl sites for hydroxylation is 2. The average molecular weight is 606 g/mol. The second-order valence-electron chi connectivity index (χ2n) is 10.8. The molecule has 3 aromatic carbocycles. The second-order valence-corrected chi connectivity index (χ2v) is 11.7. The Bertz CT molecular complexity index is 1420. The Kier molecular flexibility index (Phi) is 10.4. The van der Waals surface area contributed by atoms with Gasteiger partial charge in [0.2, 0.25) is 5.90 Å². The molecule has 0 unspecified atom stereocenters. The van der Waals surface area contributed by atoms with Crippen molar-refractivity contribution in [3.63, 3.8) is 0 Å². The molecule has 10 heteroatoms. The molecule has 0 aromatic heterocycles. The van der Waals surface area contributed by atoms with Gasteiger partial charge < -0.3 is 24.1 Å². The van der Waals surface area contributed by atoms with Crippen LogP contribution >= 0.6 is 23.2 Å². The van der Waals surface area contributed by atoms with Gasteiger partial charge in [-0.1, -0.05) is 29.3 Å². The van der Waals surface area contributed by atoms with Gasteiger partial charge in [0.05, 0.1) is 23.7 Å². The van der Waals surface area contributed by atoms with Crippen LogP contribution in [0, 0.1) is 30.5 Å². The smallest absolute Gasteiger partial charge is 0.221 e. The Labute approximate surface area is 250 Å². The summed E-state index contributed by atoms with van der Waals surface area (Å²) in [5, 5.41) is 27.0. The molecule has 0 amide bonds. The maximum atomic E-state index is 15.3. The predicted octanol–water partition coefficient (Wildman–Crippen LogP) is 8.40. The highest BCUT2D eigenvalue weighted by Gasteiger charge is 2.27. The van der Waals surface area contributed by atoms with Crippen molar-refractivity contribution in [2.45, 2.75) is 65.8 Å². The van der Waals surface area contributed by atoms with Gasteiger partial charge in [0, 0.05) is 22.6 Å². The summed E-state index contributed by atoms with van der Waals surface area (Å²) >= 11 is 12.3. The van der Waals surface area contributed by atoms with E-state index in [0.29, 0.717) is 40.7 Å². The lowest BCUT2D eigenvalue weighted by atomic mass is 10.1. The van der Waals surface area contributed by atoms with Crippen LogP contribution in [0.3, 0.4) is 0 Å². The van der Waals surface area contributed by atoms with Gasteiger partial charge in [0.25, 0.3) is 0 Å². The summed E-state index contributed by atoms with van der Waals surface area (Å²) in [7, 11) is 0. The van der Waals surface area contributed by atoms with Crippen molar-refractivity contribution in [3.8, 4) is 17.2 Å². The Hall–Kier alpha value is -3.17. The number of halogens is 3. The molecule has 0 saturated carbocycles. The fraction of sp³-hybridized carbons (Fsp3) is 0.355. The van der Waals surface area contributed by atoms with Crippen molar-refractivity contribution in [2.24, 2.45) is 0 Å². The zero-order valence-corrected chi connectivity index (χ0v) is 25.5. The van der Waals surface area contributed by atoms with Gasteiger partial charge in [0.15, 0.2) is 23.3 Å². The molecule has 3 aromatic rings. The molecule has 0 aliphatic heterocycles. The fourth-order valence-electron chi connectivity index (χ4n) is 4.19. The third kappa shape index (κ3) is 9.71. The summed E-state index contributed by atoms with van der Waals surface area (Å²) in [6.45, 7) is 10.9. The van der Waals surface area contributed by atoms with Crippen LogP contribution in [-0.2, 0) is 15.9 Å². The van der Waals surface area contributed by atoms with E-state index in [1.165, 1.54) is 12.1 Å². The molecule has 0 atom stereocenters. The highest BCUT2D eigenvalue weighted by atomic mass is 35.5. The molecule has 3 N–H and O–H groups in total. The van der Waals surface area contributed by atoms with Crippen LogP contribution in [0.25, 0.3) is 0 Å². The molecular weight excluding hydrogens is 570 g/mol. The van der Waals surface area contributed by atoms with E-state index in [9.17, 15) is 5.11 Å². The molecule has 0 aliphatic rings. The maximum absolute atomic E-state index is 15.3. The summed E-state index contributed by atoms with van der Waals surface area (Å²) in [6.07, 6.45) is 0.319. The van der Waals surface area contributed by atoms with Gasteiger partial charge in [-0.2, -0.15) is 0 Å². The van der Waals surface area contributed by atoms with Crippen LogP contribution in [0.1, 0.15) is 56.4 Å². The number of aliphatic hydroxyl groups is 1. The van der Waals surface area contributed by atoms with E-state index < -0.39 is 17.2 Å². The van der Waals surface area contributed by atoms with E-state index in [1.54, 1.807) is 57.2 Å². The SMILES string of the molecule is Cc1cc(Cl)cc(Oc2c(Cl)ccc(CC(=N)OC(=N)c3ccc(OCCC(C)(C)OC(C)(C)O)cc3C)c2F)c1. The summed E-state index contributed by atoms with van der Waals surface area (Å²) in [5.41, 5.74) is 1.54. The monoisotopic (exact) mass is 604 g/mol. The van der Waals surface area contributed by atoms with E-state index in [-0.39, 0.29) is 34.6 Å². The Morgan fingerprint density at radius 1 is 0.951 bits per heavy atom. The molecule has 7 nitrogen and oxygen atoms in total. The minimum Gasteiger partial charge on any atom is -0.493 e. The summed E-state index contributed by atoms with van der Waals surface area (Å²) in [4.78, 5) is 0. The van der Waals surface area contributed by atoms with Crippen molar-refractivity contribution in [3.05, 3.63) is 86.6 Å². The number of hydrogen-bond donors (Lipinski definition) is 3. The van der Waals surface area contributed by atoms with E-state index in [0.717, 1.165) is 5.56 Å². The first-order valence-corrected chi connectivity index (χ1v) is 13.7. The molecule has 0 spiro atoms. The Morgan fingerprint density at radius 2 is 1.66 bits per heavy atom. The summed E-state index contributed by atoms with van der Waals surface area (Å²) in [5.74, 6) is -1.82. The zero-order chi connectivity index (χ0) is 30.5. The summed E-state index contributed by atoms with van der Waals surface area (Å²) < 4.78 is 37.9. The van der Waals surface area contributed by atoms with E-state index >= 15 is 4.39 Å². The lowest BCUT2D eigenvalue weighted by Crippen LogP contribution is -2.37. The van der Waals surface area contributed by atoms with Crippen molar-refractivity contribution >= 4 is 35.0 Å². The first kappa shape index (κ1) is 32.3. The van der Waals surface area contributed by atoms with Crippen molar-refractivity contribution in [1.29, 1.82) is 10.8 Å². The lowest BCUT2D eigenvalue weighted by molar-refractivity contribution is -0.237. The Morgan fingerprint density at radius 3 is 2.29 bits per heavy atom. The van der Waals surface area contributed by atoms with Crippen LogP contribution in [-0.4, -0.2) is 34.9 Å². The quantitative estimate of drug-likeness (QED) is 0.116. The predicted molar refractivity (Wildman–Crippen MR) is 160 cm³/mol. The number of rotatable bonds is 11. The van der Waals surface area contributed by atoms with Gasteiger partial charge in [-0.25, -0.2) is 4.39 Å². The van der Waals surface area contributed by atoms with Gasteiger partial charge >= 0.3 is 0 Å². The molecule has 0 saturated heterocycles. The molecule has 3 rings (SSSR count). The topological polar surface area (TPSA) is 105 Å². The number of ether oxygens (including phenoxy) is 4. The standard InChI is InChI=1S/C31H35Cl2FN2O5/c1-18-13-21(32)17-23(14-18)39-28-25(33)10-7-20(27(28)34)16-26(35)40-29(36)24-9-8-22(15-19(24)2)38-12-11-30(3,4)41-31(5,6)37/h7-10,13-15,17,35-37H,11-12,16H2,1-6H3. The summed E-state index contributed by atoms with van der Waals surface area (Å²) in [6, 6.07) is 13.1. The van der Waals surface area contributed by atoms with Crippen LogP contribution in [0.4, 0.5) is 4.39 Å². The molecule has 0 bridgehead atoms. The average Bonchev–Trinajstić information content (AvgIpc) is 2.81. The highest BCUT2D eigenvalue weighted by molar-refractivity contribution is 6.32. The maximum Gasteiger partial charge on any atom is 0.221 e. The largest absolute Gasteiger partial charge is 0.493 e. The molecule has 0 radical (unpaired) electrons. The third-order valence-corrected chi connectivity index (χ3v) is 6.40. The number of hydrogen-bond acceptors (Lipinski definition) is 7. The zero-order valence-electron chi connectivity index (χ0n) is 24.0. The van der Waals surface area contributed by atoms with Gasteiger partial charge in [-0.15, -0.1) is 0 Å². The van der Waals surface area contributed by atoms with E-state index in [1.807, 2.05) is 20.8 Å².